The largest absolute Gasteiger partial charge is 0.374 e. The molecule has 0 aliphatic rings. The van der Waals surface area contributed by atoms with Crippen LogP contribution in [0.2, 0.25) is 5.02 Å². The van der Waals surface area contributed by atoms with Gasteiger partial charge in [0.1, 0.15) is 11.6 Å². The monoisotopic (exact) mass is 364 g/mol. The molecular formula is C20H17ClN4O. The Morgan fingerprint density at radius 3 is 2.50 bits per heavy atom. The van der Waals surface area contributed by atoms with Crippen LogP contribution in [0.15, 0.2) is 54.1 Å². The number of anilines is 2. The predicted octanol–water partition coefficient (Wildman–Crippen LogP) is 4.24. The van der Waals surface area contributed by atoms with Gasteiger partial charge in [0.2, 0.25) is 0 Å². The fourth-order valence-corrected chi connectivity index (χ4v) is 2.42. The number of hydrogen-bond donors (Lipinski definition) is 1. The van der Waals surface area contributed by atoms with Crippen LogP contribution in [0.1, 0.15) is 12.0 Å². The first-order valence-corrected chi connectivity index (χ1v) is 8.28. The molecule has 0 aliphatic heterocycles. The highest BCUT2D eigenvalue weighted by Crippen LogP contribution is 2.21. The summed E-state index contributed by atoms with van der Waals surface area (Å²) < 4.78 is 0. The molecule has 0 aromatic heterocycles. The van der Waals surface area contributed by atoms with E-state index in [1.165, 1.54) is 6.08 Å². The number of rotatable bonds is 6. The summed E-state index contributed by atoms with van der Waals surface area (Å²) in [5, 5.41) is 21.0. The number of carbonyl (C=O) groups is 1. The number of nitrogens with zero attached hydrogens (tertiary/aromatic N) is 3. The molecule has 0 radical (unpaired) electrons. The molecule has 130 valence electrons. The van der Waals surface area contributed by atoms with Crippen molar-refractivity contribution in [2.75, 3.05) is 23.8 Å². The topological polar surface area (TPSA) is 79.9 Å². The van der Waals surface area contributed by atoms with Crippen LogP contribution in [0.25, 0.3) is 6.08 Å². The number of nitriles is 2. The standard InChI is InChI=1S/C20H17ClN4O/c1-25(12-4-11-22)17-9-7-15(8-10-17)13-16(14-23)20(26)24-19-6-3-2-5-18(19)21/h2-3,5-10,13H,4,12H2,1H3,(H,24,26)/b16-13-. The zero-order valence-corrected chi connectivity index (χ0v) is 15.0. The van der Waals surface area contributed by atoms with Gasteiger partial charge in [0, 0.05) is 19.3 Å². The van der Waals surface area contributed by atoms with Gasteiger partial charge >= 0.3 is 0 Å². The Morgan fingerprint density at radius 2 is 1.88 bits per heavy atom. The number of hydrogen-bond acceptors (Lipinski definition) is 4. The Hall–Kier alpha value is -3.28. The zero-order valence-electron chi connectivity index (χ0n) is 14.2. The number of nitrogens with one attached hydrogen (secondary N) is 1. The Kier molecular flexibility index (Phi) is 6.79. The summed E-state index contributed by atoms with van der Waals surface area (Å²) in [6.07, 6.45) is 1.96. The van der Waals surface area contributed by atoms with Crippen LogP contribution < -0.4 is 10.2 Å². The molecule has 26 heavy (non-hydrogen) atoms. The smallest absolute Gasteiger partial charge is 0.266 e. The number of benzene rings is 2. The maximum atomic E-state index is 12.3. The minimum atomic E-state index is -0.518. The van der Waals surface area contributed by atoms with E-state index in [-0.39, 0.29) is 5.57 Å². The lowest BCUT2D eigenvalue weighted by atomic mass is 10.1. The van der Waals surface area contributed by atoms with Crippen molar-refractivity contribution in [3.8, 4) is 12.1 Å². The van der Waals surface area contributed by atoms with Gasteiger partial charge in [-0.05, 0) is 35.9 Å². The van der Waals surface area contributed by atoms with E-state index in [0.717, 1.165) is 11.3 Å². The summed E-state index contributed by atoms with van der Waals surface area (Å²) in [6.45, 7) is 0.634. The van der Waals surface area contributed by atoms with Crippen LogP contribution in [0.4, 0.5) is 11.4 Å². The molecule has 0 atom stereocenters. The van der Waals surface area contributed by atoms with Crippen molar-refractivity contribution in [2.45, 2.75) is 6.42 Å². The Balaban J connectivity index is 2.13. The van der Waals surface area contributed by atoms with Crippen LogP contribution >= 0.6 is 11.6 Å². The van der Waals surface area contributed by atoms with E-state index in [1.807, 2.05) is 42.3 Å². The average molecular weight is 365 g/mol. The van der Waals surface area contributed by atoms with E-state index in [2.05, 4.69) is 11.4 Å². The first kappa shape index (κ1) is 19.1. The van der Waals surface area contributed by atoms with Crippen molar-refractivity contribution in [3.05, 3.63) is 64.7 Å². The van der Waals surface area contributed by atoms with Gasteiger partial charge in [-0.25, -0.2) is 0 Å². The Labute approximate surface area is 157 Å². The van der Waals surface area contributed by atoms with Crippen molar-refractivity contribution in [1.82, 2.24) is 0 Å². The first-order valence-electron chi connectivity index (χ1n) is 7.91. The molecule has 1 amide bonds. The molecule has 2 aromatic carbocycles. The Bertz CT molecular complexity index is 891. The highest BCUT2D eigenvalue weighted by molar-refractivity contribution is 6.34. The lowest BCUT2D eigenvalue weighted by Crippen LogP contribution is -2.17. The summed E-state index contributed by atoms with van der Waals surface area (Å²) in [5.74, 6) is -0.518. The van der Waals surface area contributed by atoms with Gasteiger partial charge in [0.25, 0.3) is 5.91 Å². The Morgan fingerprint density at radius 1 is 1.19 bits per heavy atom. The SMILES string of the molecule is CN(CCC#N)c1ccc(/C=C(/C#N)C(=O)Nc2ccccc2Cl)cc1. The van der Waals surface area contributed by atoms with Gasteiger partial charge in [-0.1, -0.05) is 35.9 Å². The molecule has 1 N–H and O–H groups in total. The fraction of sp³-hybridized carbons (Fsp3) is 0.150. The van der Waals surface area contributed by atoms with Crippen LogP contribution in [0, 0.1) is 22.7 Å². The zero-order chi connectivity index (χ0) is 18.9. The third kappa shape index (κ3) is 5.11. The third-order valence-electron chi connectivity index (χ3n) is 3.69. The minimum absolute atomic E-state index is 0.0181. The quantitative estimate of drug-likeness (QED) is 0.614. The molecule has 2 aromatic rings. The van der Waals surface area contributed by atoms with Crippen molar-refractivity contribution in [2.24, 2.45) is 0 Å². The van der Waals surface area contributed by atoms with Crippen LogP contribution in [-0.2, 0) is 4.79 Å². The van der Waals surface area contributed by atoms with Crippen LogP contribution in [-0.4, -0.2) is 19.5 Å². The van der Waals surface area contributed by atoms with E-state index in [1.54, 1.807) is 24.3 Å². The molecule has 0 aliphatic carbocycles. The molecule has 6 heteroatoms. The molecule has 2 rings (SSSR count). The second kappa shape index (κ2) is 9.27. The van der Waals surface area contributed by atoms with E-state index >= 15 is 0 Å². The maximum Gasteiger partial charge on any atom is 0.266 e. The van der Waals surface area contributed by atoms with E-state index in [9.17, 15) is 10.1 Å². The van der Waals surface area contributed by atoms with Gasteiger partial charge in [0.15, 0.2) is 0 Å². The van der Waals surface area contributed by atoms with E-state index in [4.69, 9.17) is 16.9 Å². The number of halogens is 1. The molecule has 0 unspecified atom stereocenters. The van der Waals surface area contributed by atoms with Crippen molar-refractivity contribution >= 4 is 35.0 Å². The summed E-state index contributed by atoms with van der Waals surface area (Å²) in [4.78, 5) is 14.3. The van der Waals surface area contributed by atoms with Gasteiger partial charge in [-0.2, -0.15) is 10.5 Å². The van der Waals surface area contributed by atoms with Crippen LogP contribution in [0.3, 0.4) is 0 Å². The molecule has 0 bridgehead atoms. The summed E-state index contributed by atoms with van der Waals surface area (Å²) >= 11 is 6.02. The highest BCUT2D eigenvalue weighted by Gasteiger charge is 2.11. The molecule has 0 spiro atoms. The van der Waals surface area contributed by atoms with E-state index < -0.39 is 5.91 Å². The fourth-order valence-electron chi connectivity index (χ4n) is 2.24. The number of para-hydroxylation sites is 1. The molecule has 0 saturated carbocycles. The first-order chi connectivity index (χ1) is 12.5. The average Bonchev–Trinajstić information content (AvgIpc) is 2.66. The van der Waals surface area contributed by atoms with E-state index in [0.29, 0.717) is 23.7 Å². The minimum Gasteiger partial charge on any atom is -0.374 e. The summed E-state index contributed by atoms with van der Waals surface area (Å²) in [6, 6.07) is 18.3. The maximum absolute atomic E-state index is 12.3. The molecular weight excluding hydrogens is 348 g/mol. The normalized spacial score (nSPS) is 10.5. The second-order valence-corrected chi connectivity index (χ2v) is 5.93. The van der Waals surface area contributed by atoms with Crippen molar-refractivity contribution in [3.63, 3.8) is 0 Å². The van der Waals surface area contributed by atoms with Gasteiger partial charge < -0.3 is 10.2 Å². The number of amides is 1. The van der Waals surface area contributed by atoms with Gasteiger partial charge in [-0.3, -0.25) is 4.79 Å². The highest BCUT2D eigenvalue weighted by atomic mass is 35.5. The van der Waals surface area contributed by atoms with Gasteiger partial charge in [0.05, 0.1) is 23.2 Å². The molecule has 5 nitrogen and oxygen atoms in total. The summed E-state index contributed by atoms with van der Waals surface area (Å²) in [5.41, 5.74) is 2.12. The number of carbonyl (C=O) groups excluding carboxylic acids is 1. The second-order valence-electron chi connectivity index (χ2n) is 5.52. The predicted molar refractivity (Wildman–Crippen MR) is 104 cm³/mol. The molecule has 0 fully saturated rings. The third-order valence-corrected chi connectivity index (χ3v) is 4.02. The summed E-state index contributed by atoms with van der Waals surface area (Å²) in [7, 11) is 1.90. The van der Waals surface area contributed by atoms with Crippen molar-refractivity contribution < 1.29 is 4.79 Å². The lowest BCUT2D eigenvalue weighted by Gasteiger charge is -2.17. The lowest BCUT2D eigenvalue weighted by molar-refractivity contribution is -0.112. The van der Waals surface area contributed by atoms with Crippen molar-refractivity contribution in [1.29, 1.82) is 10.5 Å². The molecule has 0 saturated heterocycles. The molecule has 0 heterocycles. The van der Waals surface area contributed by atoms with Gasteiger partial charge in [-0.15, -0.1) is 0 Å². The van der Waals surface area contributed by atoms with Crippen LogP contribution in [0.5, 0.6) is 0 Å².